The molecular formula is C10H15NO2S. The van der Waals surface area contributed by atoms with Crippen molar-refractivity contribution >= 4 is 17.7 Å². The lowest BCUT2D eigenvalue weighted by atomic mass is 10.2. The molecule has 2 N–H and O–H groups in total. The Morgan fingerprint density at radius 1 is 1.57 bits per heavy atom. The Hall–Kier alpha value is -0.900. The van der Waals surface area contributed by atoms with Crippen molar-refractivity contribution in [1.82, 2.24) is 0 Å². The fraction of sp³-hybridized carbons (Fsp3) is 0.500. The fourth-order valence-electron chi connectivity index (χ4n) is 1.11. The number of amides is 1. The van der Waals surface area contributed by atoms with Gasteiger partial charge in [0, 0.05) is 11.3 Å². The zero-order chi connectivity index (χ0) is 10.4. The van der Waals surface area contributed by atoms with Crippen molar-refractivity contribution in [2.24, 2.45) is 5.73 Å². The number of nitrogens with two attached hydrogens (primary N) is 1. The van der Waals surface area contributed by atoms with Gasteiger partial charge in [-0.3, -0.25) is 4.79 Å². The summed E-state index contributed by atoms with van der Waals surface area (Å²) in [4.78, 5) is 11.6. The number of carbonyl (C=O) groups excluding carboxylic acids is 1. The molecule has 0 atom stereocenters. The van der Waals surface area contributed by atoms with Crippen molar-refractivity contribution in [3.63, 3.8) is 0 Å². The first-order chi connectivity index (χ1) is 6.70. The van der Waals surface area contributed by atoms with E-state index >= 15 is 0 Å². The molecule has 1 aromatic rings. The molecule has 78 valence electrons. The van der Waals surface area contributed by atoms with Gasteiger partial charge in [0.2, 0.25) is 5.91 Å². The number of hydrogen-bond acceptors (Lipinski definition) is 3. The lowest BCUT2D eigenvalue weighted by molar-refractivity contribution is -0.118. The Morgan fingerprint density at radius 2 is 2.36 bits per heavy atom. The second kappa shape index (κ2) is 5.75. The monoisotopic (exact) mass is 213 g/mol. The molecule has 0 aliphatic carbocycles. The largest absolute Gasteiger partial charge is 0.468 e. The molecule has 0 spiro atoms. The average Bonchev–Trinajstić information content (AvgIpc) is 2.51. The Labute approximate surface area is 88.0 Å². The predicted molar refractivity (Wildman–Crippen MR) is 57.2 cm³/mol. The fourth-order valence-corrected chi connectivity index (χ4v) is 2.08. The third kappa shape index (κ3) is 3.87. The number of thioether (sulfide) groups is 1. The van der Waals surface area contributed by atoms with Gasteiger partial charge in [0.05, 0.1) is 6.26 Å². The number of aryl methyl sites for hydroxylation is 1. The average molecular weight is 213 g/mol. The van der Waals surface area contributed by atoms with Crippen molar-refractivity contribution in [2.75, 3.05) is 5.75 Å². The molecule has 1 heterocycles. The van der Waals surface area contributed by atoms with E-state index in [2.05, 4.69) is 0 Å². The van der Waals surface area contributed by atoms with Crippen molar-refractivity contribution < 1.29 is 9.21 Å². The molecule has 0 aromatic carbocycles. The Kier molecular flexibility index (Phi) is 4.59. The van der Waals surface area contributed by atoms with Crippen molar-refractivity contribution in [3.8, 4) is 0 Å². The van der Waals surface area contributed by atoms with E-state index in [4.69, 9.17) is 10.2 Å². The first kappa shape index (κ1) is 11.2. The van der Waals surface area contributed by atoms with Crippen molar-refractivity contribution in [3.05, 3.63) is 18.1 Å². The maximum atomic E-state index is 10.4. The number of unbranched alkanes of at least 4 members (excludes halogenated alkanes) is 1. The zero-order valence-electron chi connectivity index (χ0n) is 8.29. The molecule has 14 heavy (non-hydrogen) atoms. The third-order valence-electron chi connectivity index (χ3n) is 1.89. The molecule has 0 saturated heterocycles. The summed E-state index contributed by atoms with van der Waals surface area (Å²) in [6.45, 7) is 1.95. The molecule has 1 rings (SSSR count). The van der Waals surface area contributed by atoms with E-state index in [1.54, 1.807) is 18.0 Å². The summed E-state index contributed by atoms with van der Waals surface area (Å²) in [6, 6.07) is 1.97. The van der Waals surface area contributed by atoms with Gasteiger partial charge in [0.1, 0.15) is 5.76 Å². The maximum absolute atomic E-state index is 10.4. The highest BCUT2D eigenvalue weighted by molar-refractivity contribution is 7.99. The molecule has 0 unspecified atom stereocenters. The second-order valence-electron chi connectivity index (χ2n) is 3.11. The molecule has 0 bridgehead atoms. The first-order valence-electron chi connectivity index (χ1n) is 4.65. The highest BCUT2D eigenvalue weighted by Gasteiger charge is 2.01. The van der Waals surface area contributed by atoms with E-state index in [0.717, 1.165) is 24.4 Å². The summed E-state index contributed by atoms with van der Waals surface area (Å²) in [5.74, 6) is 1.76. The summed E-state index contributed by atoms with van der Waals surface area (Å²) in [5.41, 5.74) is 5.03. The normalized spacial score (nSPS) is 10.4. The number of hydrogen-bond donors (Lipinski definition) is 1. The van der Waals surface area contributed by atoms with Gasteiger partial charge in [0.15, 0.2) is 0 Å². The van der Waals surface area contributed by atoms with E-state index in [1.165, 1.54) is 4.90 Å². The molecule has 3 nitrogen and oxygen atoms in total. The molecule has 0 aliphatic heterocycles. The smallest absolute Gasteiger partial charge is 0.217 e. The van der Waals surface area contributed by atoms with Gasteiger partial charge < -0.3 is 10.2 Å². The van der Waals surface area contributed by atoms with Crippen molar-refractivity contribution in [2.45, 2.75) is 31.1 Å². The van der Waals surface area contributed by atoms with Crippen LogP contribution in [0.2, 0.25) is 0 Å². The van der Waals surface area contributed by atoms with Crippen LogP contribution in [-0.2, 0) is 4.79 Å². The van der Waals surface area contributed by atoms with Gasteiger partial charge in [-0.15, -0.1) is 11.8 Å². The number of rotatable bonds is 6. The van der Waals surface area contributed by atoms with Crippen LogP contribution < -0.4 is 5.73 Å². The standard InChI is InChI=1S/C10H15NO2S/c1-8-9(5-6-13-8)14-7-3-2-4-10(11)12/h5-6H,2-4,7H2,1H3,(H2,11,12). The second-order valence-corrected chi connectivity index (χ2v) is 4.25. The van der Waals surface area contributed by atoms with Crippen LogP contribution in [0.5, 0.6) is 0 Å². The lowest BCUT2D eigenvalue weighted by Crippen LogP contribution is -2.09. The van der Waals surface area contributed by atoms with Crippen LogP contribution in [0.4, 0.5) is 0 Å². The summed E-state index contributed by atoms with van der Waals surface area (Å²) in [7, 11) is 0. The quantitative estimate of drug-likeness (QED) is 0.583. The lowest BCUT2D eigenvalue weighted by Gasteiger charge is -1.98. The Balaban J connectivity index is 2.10. The van der Waals surface area contributed by atoms with Crippen LogP contribution >= 0.6 is 11.8 Å². The van der Waals surface area contributed by atoms with Gasteiger partial charge in [-0.1, -0.05) is 0 Å². The molecular weight excluding hydrogens is 198 g/mol. The van der Waals surface area contributed by atoms with Gasteiger partial charge in [-0.25, -0.2) is 0 Å². The van der Waals surface area contributed by atoms with E-state index in [9.17, 15) is 4.79 Å². The Morgan fingerprint density at radius 3 is 2.93 bits per heavy atom. The van der Waals surface area contributed by atoms with E-state index < -0.39 is 0 Å². The van der Waals surface area contributed by atoms with Crippen LogP contribution in [0.3, 0.4) is 0 Å². The van der Waals surface area contributed by atoms with Gasteiger partial charge >= 0.3 is 0 Å². The van der Waals surface area contributed by atoms with Crippen LogP contribution in [0, 0.1) is 6.92 Å². The first-order valence-corrected chi connectivity index (χ1v) is 5.64. The summed E-state index contributed by atoms with van der Waals surface area (Å²) in [5, 5.41) is 0. The summed E-state index contributed by atoms with van der Waals surface area (Å²) >= 11 is 1.76. The maximum Gasteiger partial charge on any atom is 0.217 e. The molecule has 1 aromatic heterocycles. The van der Waals surface area contributed by atoms with Gasteiger partial charge in [-0.05, 0) is 31.6 Å². The van der Waals surface area contributed by atoms with Gasteiger partial charge in [0.25, 0.3) is 0 Å². The minimum atomic E-state index is -0.213. The molecule has 0 aliphatic rings. The summed E-state index contributed by atoms with van der Waals surface area (Å²) in [6.07, 6.45) is 4.07. The number of carbonyl (C=O) groups is 1. The zero-order valence-corrected chi connectivity index (χ0v) is 9.10. The van der Waals surface area contributed by atoms with Crippen LogP contribution in [0.1, 0.15) is 25.0 Å². The Bertz CT molecular complexity index is 296. The topological polar surface area (TPSA) is 56.2 Å². The molecule has 0 radical (unpaired) electrons. The highest BCUT2D eigenvalue weighted by Crippen LogP contribution is 2.23. The summed E-state index contributed by atoms with van der Waals surface area (Å²) < 4.78 is 5.16. The molecule has 0 fully saturated rings. The minimum absolute atomic E-state index is 0.213. The van der Waals surface area contributed by atoms with Gasteiger partial charge in [-0.2, -0.15) is 0 Å². The van der Waals surface area contributed by atoms with Crippen LogP contribution in [0.25, 0.3) is 0 Å². The molecule has 0 saturated carbocycles. The molecule has 1 amide bonds. The van der Waals surface area contributed by atoms with Crippen LogP contribution in [-0.4, -0.2) is 11.7 Å². The predicted octanol–water partition coefficient (Wildman–Crippen LogP) is 2.34. The van der Waals surface area contributed by atoms with E-state index in [0.29, 0.717) is 6.42 Å². The van der Waals surface area contributed by atoms with E-state index in [1.807, 2.05) is 13.0 Å². The molecule has 4 heteroatoms. The third-order valence-corrected chi connectivity index (χ3v) is 3.11. The minimum Gasteiger partial charge on any atom is -0.468 e. The van der Waals surface area contributed by atoms with Crippen molar-refractivity contribution in [1.29, 1.82) is 0 Å². The van der Waals surface area contributed by atoms with Crippen LogP contribution in [0.15, 0.2) is 21.6 Å². The number of primary amides is 1. The number of furan rings is 1. The van der Waals surface area contributed by atoms with E-state index in [-0.39, 0.29) is 5.91 Å². The SMILES string of the molecule is Cc1occc1SCCCCC(N)=O. The highest BCUT2D eigenvalue weighted by atomic mass is 32.2.